The van der Waals surface area contributed by atoms with Crippen LogP contribution in [-0.2, 0) is 21.5 Å². The van der Waals surface area contributed by atoms with Gasteiger partial charge in [-0.05, 0) is 32.3 Å². The van der Waals surface area contributed by atoms with Crippen molar-refractivity contribution in [3.8, 4) is 0 Å². The largest absolute Gasteiger partial charge is 0.389 e. The minimum absolute atomic E-state index is 0.125. The summed E-state index contributed by atoms with van der Waals surface area (Å²) in [6.45, 7) is 6.48. The molecule has 0 saturated carbocycles. The van der Waals surface area contributed by atoms with Crippen LogP contribution in [0.1, 0.15) is 44.0 Å². The van der Waals surface area contributed by atoms with E-state index in [-0.39, 0.29) is 6.10 Å². The summed E-state index contributed by atoms with van der Waals surface area (Å²) in [5.74, 6) is 1.21. The first-order chi connectivity index (χ1) is 13.5. The summed E-state index contributed by atoms with van der Waals surface area (Å²) in [5, 5.41) is 14.3. The van der Waals surface area contributed by atoms with E-state index in [1.807, 2.05) is 32.0 Å². The Kier molecular flexibility index (Phi) is 7.18. The molecule has 7 nitrogen and oxygen atoms in total. The fourth-order valence-electron chi connectivity index (χ4n) is 3.55. The van der Waals surface area contributed by atoms with E-state index in [1.54, 1.807) is 7.11 Å². The molecule has 2 aromatic rings. The molecule has 0 bridgehead atoms. The second-order valence-corrected chi connectivity index (χ2v) is 7.71. The van der Waals surface area contributed by atoms with Gasteiger partial charge in [0.1, 0.15) is 5.60 Å². The van der Waals surface area contributed by atoms with E-state index in [1.165, 1.54) is 0 Å². The molecule has 1 aromatic heterocycles. The maximum Gasteiger partial charge on any atom is 0.258 e. The lowest BCUT2D eigenvalue weighted by Crippen LogP contribution is -2.46. The zero-order chi connectivity index (χ0) is 20.0. The lowest BCUT2D eigenvalue weighted by atomic mass is 9.90. The molecular formula is C21H31N3O4. The highest BCUT2D eigenvalue weighted by Crippen LogP contribution is 2.35. The summed E-state index contributed by atoms with van der Waals surface area (Å²) in [5.41, 5.74) is 0.589. The van der Waals surface area contributed by atoms with Crippen LogP contribution >= 0.6 is 0 Å². The van der Waals surface area contributed by atoms with Gasteiger partial charge in [0.05, 0.1) is 18.8 Å². The molecule has 0 unspecified atom stereocenters. The van der Waals surface area contributed by atoms with Crippen molar-refractivity contribution in [1.29, 1.82) is 0 Å². The third-order valence-electron chi connectivity index (χ3n) is 5.21. The molecule has 1 atom stereocenters. The smallest absolute Gasteiger partial charge is 0.258 e. The quantitative estimate of drug-likeness (QED) is 0.705. The predicted octanol–water partition coefficient (Wildman–Crippen LogP) is 2.38. The van der Waals surface area contributed by atoms with Crippen LogP contribution in [0.5, 0.6) is 0 Å². The van der Waals surface area contributed by atoms with Gasteiger partial charge < -0.3 is 24.0 Å². The Balaban J connectivity index is 1.56. The highest BCUT2D eigenvalue weighted by Gasteiger charge is 2.41. The van der Waals surface area contributed by atoms with Gasteiger partial charge in [-0.3, -0.25) is 0 Å². The Bertz CT molecular complexity index is 711. The van der Waals surface area contributed by atoms with Gasteiger partial charge in [-0.1, -0.05) is 35.5 Å². The van der Waals surface area contributed by atoms with Crippen LogP contribution in [-0.4, -0.2) is 65.7 Å². The second-order valence-electron chi connectivity index (χ2n) is 7.71. The minimum atomic E-state index is -0.558. The number of methoxy groups -OCH3 is 1. The van der Waals surface area contributed by atoms with Crippen molar-refractivity contribution in [2.75, 3.05) is 33.4 Å². The molecule has 1 saturated heterocycles. The van der Waals surface area contributed by atoms with E-state index in [0.29, 0.717) is 31.3 Å². The Hall–Kier alpha value is -1.80. The molecule has 2 heterocycles. The van der Waals surface area contributed by atoms with Gasteiger partial charge in [0, 0.05) is 33.2 Å². The normalized spacial score (nSPS) is 18.5. The van der Waals surface area contributed by atoms with Gasteiger partial charge in [-0.25, -0.2) is 0 Å². The van der Waals surface area contributed by atoms with Crippen molar-refractivity contribution in [3.63, 3.8) is 0 Å². The maximum absolute atomic E-state index is 10.2. The van der Waals surface area contributed by atoms with Gasteiger partial charge in [0.25, 0.3) is 5.89 Å². The molecule has 1 aliphatic rings. The molecular weight excluding hydrogens is 358 g/mol. The summed E-state index contributed by atoms with van der Waals surface area (Å²) < 4.78 is 16.9. The number of aromatic nitrogens is 2. The Morgan fingerprint density at radius 3 is 2.57 bits per heavy atom. The average molecular weight is 389 g/mol. The summed E-state index contributed by atoms with van der Waals surface area (Å²) >= 11 is 0. The first-order valence-electron chi connectivity index (χ1n) is 9.95. The fraction of sp³-hybridized carbons (Fsp3) is 0.619. The molecule has 1 N–H and O–H groups in total. The Morgan fingerprint density at radius 1 is 1.21 bits per heavy atom. The molecule has 0 aliphatic carbocycles. The molecule has 0 amide bonds. The van der Waals surface area contributed by atoms with Crippen LogP contribution in [0.15, 0.2) is 34.9 Å². The molecule has 28 heavy (non-hydrogen) atoms. The number of nitrogens with zero attached hydrogens (tertiary/aromatic N) is 3. The molecule has 0 spiro atoms. The third kappa shape index (κ3) is 5.38. The summed E-state index contributed by atoms with van der Waals surface area (Å²) in [6.07, 6.45) is 1.76. The first kappa shape index (κ1) is 20.9. The van der Waals surface area contributed by atoms with Crippen molar-refractivity contribution < 1.29 is 19.1 Å². The van der Waals surface area contributed by atoms with Crippen molar-refractivity contribution in [2.24, 2.45) is 0 Å². The van der Waals surface area contributed by atoms with Crippen LogP contribution < -0.4 is 0 Å². The molecule has 3 rings (SSSR count). The van der Waals surface area contributed by atoms with Crippen molar-refractivity contribution in [1.82, 2.24) is 15.0 Å². The van der Waals surface area contributed by atoms with E-state index in [4.69, 9.17) is 14.0 Å². The van der Waals surface area contributed by atoms with Gasteiger partial charge in [-0.2, -0.15) is 4.98 Å². The number of benzene rings is 1. The van der Waals surface area contributed by atoms with Gasteiger partial charge >= 0.3 is 0 Å². The lowest BCUT2D eigenvalue weighted by molar-refractivity contribution is -0.0899. The Labute approximate surface area is 166 Å². The predicted molar refractivity (Wildman–Crippen MR) is 105 cm³/mol. The van der Waals surface area contributed by atoms with E-state index in [2.05, 4.69) is 27.2 Å². The molecule has 0 radical (unpaired) electrons. The lowest BCUT2D eigenvalue weighted by Gasteiger charge is -2.38. The van der Waals surface area contributed by atoms with Crippen LogP contribution in [0.25, 0.3) is 0 Å². The standard InChI is InChI=1S/C21H31N3O4/c1-16(2)27-15-18(25)14-24-11-9-21(26-3,10-12-24)20-22-19(23-28-20)13-17-7-5-4-6-8-17/h4-8,16,18,25H,9-15H2,1-3H3/t18-/m0/s1. The van der Waals surface area contributed by atoms with E-state index >= 15 is 0 Å². The monoisotopic (exact) mass is 389 g/mol. The Morgan fingerprint density at radius 2 is 1.93 bits per heavy atom. The van der Waals surface area contributed by atoms with Gasteiger partial charge in [0.15, 0.2) is 5.82 Å². The molecule has 154 valence electrons. The van der Waals surface area contributed by atoms with Crippen molar-refractivity contribution in [2.45, 2.75) is 50.9 Å². The van der Waals surface area contributed by atoms with Crippen LogP contribution in [0.3, 0.4) is 0 Å². The van der Waals surface area contributed by atoms with Crippen LogP contribution in [0.2, 0.25) is 0 Å². The number of ether oxygens (including phenoxy) is 2. The molecule has 1 aromatic carbocycles. The van der Waals surface area contributed by atoms with Crippen molar-refractivity contribution >= 4 is 0 Å². The zero-order valence-corrected chi connectivity index (χ0v) is 17.0. The highest BCUT2D eigenvalue weighted by atomic mass is 16.5. The van der Waals surface area contributed by atoms with E-state index < -0.39 is 11.7 Å². The second kappa shape index (κ2) is 9.60. The van der Waals surface area contributed by atoms with Crippen LogP contribution in [0.4, 0.5) is 0 Å². The summed E-state index contributed by atoms with van der Waals surface area (Å²) in [7, 11) is 1.70. The first-order valence-corrected chi connectivity index (χ1v) is 9.95. The zero-order valence-electron chi connectivity index (χ0n) is 17.0. The average Bonchev–Trinajstić information content (AvgIpc) is 3.17. The maximum atomic E-state index is 10.2. The van der Waals surface area contributed by atoms with Gasteiger partial charge in [-0.15, -0.1) is 0 Å². The van der Waals surface area contributed by atoms with E-state index in [9.17, 15) is 5.11 Å². The molecule has 1 fully saturated rings. The van der Waals surface area contributed by atoms with Crippen molar-refractivity contribution in [3.05, 3.63) is 47.6 Å². The van der Waals surface area contributed by atoms with Crippen LogP contribution in [0, 0.1) is 0 Å². The highest BCUT2D eigenvalue weighted by molar-refractivity contribution is 5.18. The summed E-state index contributed by atoms with van der Waals surface area (Å²) in [6, 6.07) is 10.1. The molecule has 7 heteroatoms. The number of β-amino-alcohol motifs (C(OH)–C–C–N with tert-alkyl or cyclic N) is 1. The number of rotatable bonds is 9. The number of hydrogen-bond acceptors (Lipinski definition) is 7. The third-order valence-corrected chi connectivity index (χ3v) is 5.21. The number of aliphatic hydroxyl groups is 1. The SMILES string of the molecule is COC1(c2nc(Cc3ccccc3)no2)CCN(C[C@H](O)COC(C)C)CC1. The van der Waals surface area contributed by atoms with E-state index in [0.717, 1.165) is 31.5 Å². The summed E-state index contributed by atoms with van der Waals surface area (Å²) in [4.78, 5) is 6.85. The number of likely N-dealkylation sites (tertiary alicyclic amines) is 1. The van der Waals surface area contributed by atoms with Gasteiger partial charge in [0.2, 0.25) is 0 Å². The minimum Gasteiger partial charge on any atom is -0.389 e. The fourth-order valence-corrected chi connectivity index (χ4v) is 3.55. The number of piperidine rings is 1. The topological polar surface area (TPSA) is 80.9 Å². The number of aliphatic hydroxyl groups excluding tert-OH is 1. The number of hydrogen-bond donors (Lipinski definition) is 1. The molecule has 1 aliphatic heterocycles.